The highest BCUT2D eigenvalue weighted by molar-refractivity contribution is 8.02. The quantitative estimate of drug-likeness (QED) is 0.611. The molecule has 0 aromatic heterocycles. The van der Waals surface area contributed by atoms with Crippen LogP contribution in [0, 0.1) is 0 Å². The summed E-state index contributed by atoms with van der Waals surface area (Å²) < 4.78 is 0. The molecule has 0 aliphatic carbocycles. The smallest absolute Gasteiger partial charge is 0.237 e. The van der Waals surface area contributed by atoms with Crippen molar-refractivity contribution in [2.45, 2.75) is 6.92 Å². The number of thioether (sulfide) groups is 1. The van der Waals surface area contributed by atoms with E-state index in [0.717, 1.165) is 0 Å². The van der Waals surface area contributed by atoms with Gasteiger partial charge < -0.3 is 4.90 Å². The molecule has 0 fully saturated rings. The van der Waals surface area contributed by atoms with Crippen LogP contribution in [0.1, 0.15) is 6.92 Å². The lowest BCUT2D eigenvalue weighted by atomic mass is 10.4. The molecule has 0 atom stereocenters. The first-order valence-corrected chi connectivity index (χ1v) is 4.32. The molecule has 0 aromatic rings. The number of amides is 1. The summed E-state index contributed by atoms with van der Waals surface area (Å²) in [5.74, 6) is 0.464. The summed E-state index contributed by atoms with van der Waals surface area (Å²) in [6, 6.07) is 0. The second kappa shape index (κ2) is 3.57. The standard InChI is InChI=1S/C7H9NO2S/c1-6(9)4-8-2-3-11-5-7(8)10/h2-3H,4-5H2,1H3. The fraction of sp³-hybridized carbons (Fsp3) is 0.429. The average molecular weight is 171 g/mol. The molecule has 3 nitrogen and oxygen atoms in total. The molecule has 1 aliphatic rings. The van der Waals surface area contributed by atoms with E-state index < -0.39 is 0 Å². The zero-order valence-corrected chi connectivity index (χ0v) is 7.06. The molecule has 1 amide bonds. The number of ketones is 1. The summed E-state index contributed by atoms with van der Waals surface area (Å²) in [6.45, 7) is 1.68. The fourth-order valence-electron chi connectivity index (χ4n) is 0.783. The first kappa shape index (κ1) is 8.33. The van der Waals surface area contributed by atoms with Gasteiger partial charge in [0, 0.05) is 6.20 Å². The highest BCUT2D eigenvalue weighted by atomic mass is 32.2. The van der Waals surface area contributed by atoms with Gasteiger partial charge in [0.2, 0.25) is 5.91 Å². The molecule has 0 unspecified atom stereocenters. The van der Waals surface area contributed by atoms with Crippen LogP contribution in [0.2, 0.25) is 0 Å². The number of carbonyl (C=O) groups is 2. The molecule has 1 aliphatic heterocycles. The summed E-state index contributed by atoms with van der Waals surface area (Å²) in [6.07, 6.45) is 1.65. The van der Waals surface area contributed by atoms with E-state index in [-0.39, 0.29) is 18.2 Å². The van der Waals surface area contributed by atoms with E-state index in [0.29, 0.717) is 5.75 Å². The Morgan fingerprint density at radius 3 is 3.09 bits per heavy atom. The third-order valence-corrected chi connectivity index (χ3v) is 1.98. The van der Waals surface area contributed by atoms with Gasteiger partial charge in [-0.05, 0) is 12.3 Å². The van der Waals surface area contributed by atoms with Crippen LogP contribution in [0.15, 0.2) is 11.6 Å². The van der Waals surface area contributed by atoms with Gasteiger partial charge in [0.05, 0.1) is 12.3 Å². The third kappa shape index (κ3) is 2.38. The minimum Gasteiger partial charge on any atom is -0.310 e. The van der Waals surface area contributed by atoms with Crippen molar-refractivity contribution in [1.82, 2.24) is 4.90 Å². The Morgan fingerprint density at radius 1 is 1.82 bits per heavy atom. The second-order valence-electron chi connectivity index (χ2n) is 2.32. The Bertz CT molecular complexity index is 212. The molecule has 0 radical (unpaired) electrons. The maximum absolute atomic E-state index is 11.0. The van der Waals surface area contributed by atoms with Gasteiger partial charge in [-0.25, -0.2) is 0 Å². The maximum atomic E-state index is 11.0. The lowest BCUT2D eigenvalue weighted by molar-refractivity contribution is -0.130. The monoisotopic (exact) mass is 171 g/mol. The molecule has 0 N–H and O–H groups in total. The molecule has 0 saturated carbocycles. The predicted molar refractivity (Wildman–Crippen MR) is 44.0 cm³/mol. The van der Waals surface area contributed by atoms with E-state index in [1.807, 2.05) is 5.41 Å². The summed E-state index contributed by atoms with van der Waals surface area (Å²) >= 11 is 1.45. The number of rotatable bonds is 2. The highest BCUT2D eigenvalue weighted by Crippen LogP contribution is 2.11. The largest absolute Gasteiger partial charge is 0.310 e. The molecule has 0 spiro atoms. The van der Waals surface area contributed by atoms with Crippen LogP contribution >= 0.6 is 11.8 Å². The number of carbonyl (C=O) groups excluding carboxylic acids is 2. The molecule has 0 aromatic carbocycles. The lowest BCUT2D eigenvalue weighted by Crippen LogP contribution is -2.32. The van der Waals surface area contributed by atoms with Gasteiger partial charge >= 0.3 is 0 Å². The second-order valence-corrected chi connectivity index (χ2v) is 3.21. The number of Topliss-reactive ketones (excluding diaryl/α,β-unsaturated/α-hetero) is 1. The molecule has 60 valence electrons. The summed E-state index contributed by atoms with van der Waals surface area (Å²) in [7, 11) is 0. The van der Waals surface area contributed by atoms with E-state index in [2.05, 4.69) is 0 Å². The number of hydrogen-bond donors (Lipinski definition) is 0. The molecule has 1 rings (SSSR count). The van der Waals surface area contributed by atoms with Crippen molar-refractivity contribution in [3.63, 3.8) is 0 Å². The van der Waals surface area contributed by atoms with Crippen LogP contribution in [-0.2, 0) is 9.59 Å². The van der Waals surface area contributed by atoms with Crippen LogP contribution in [-0.4, -0.2) is 28.9 Å². The Morgan fingerprint density at radius 2 is 2.55 bits per heavy atom. The van der Waals surface area contributed by atoms with Gasteiger partial charge in [-0.15, -0.1) is 11.8 Å². The molecule has 4 heteroatoms. The zero-order chi connectivity index (χ0) is 8.27. The van der Waals surface area contributed by atoms with Gasteiger partial charge in [-0.3, -0.25) is 9.59 Å². The SMILES string of the molecule is CC(=O)CN1C=CSCC1=O. The lowest BCUT2D eigenvalue weighted by Gasteiger charge is -2.18. The molecule has 1 heterocycles. The van der Waals surface area contributed by atoms with Crippen molar-refractivity contribution in [1.29, 1.82) is 0 Å². The van der Waals surface area contributed by atoms with Crippen molar-refractivity contribution in [3.8, 4) is 0 Å². The Labute approximate surface area is 69.4 Å². The van der Waals surface area contributed by atoms with Gasteiger partial charge in [0.1, 0.15) is 5.78 Å². The number of nitrogens with zero attached hydrogens (tertiary/aromatic N) is 1. The minimum atomic E-state index is 0.00713. The maximum Gasteiger partial charge on any atom is 0.237 e. The summed E-state index contributed by atoms with van der Waals surface area (Å²) in [4.78, 5) is 23.1. The van der Waals surface area contributed by atoms with E-state index in [9.17, 15) is 9.59 Å². The summed E-state index contributed by atoms with van der Waals surface area (Å²) in [5.41, 5.74) is 0. The predicted octanol–water partition coefficient (Wildman–Crippen LogP) is 0.622. The van der Waals surface area contributed by atoms with Crippen molar-refractivity contribution >= 4 is 23.5 Å². The minimum absolute atomic E-state index is 0.00713. The molecule has 11 heavy (non-hydrogen) atoms. The van der Waals surface area contributed by atoms with Gasteiger partial charge in [0.25, 0.3) is 0 Å². The van der Waals surface area contributed by atoms with Crippen LogP contribution in [0.3, 0.4) is 0 Å². The van der Waals surface area contributed by atoms with Crippen molar-refractivity contribution in [3.05, 3.63) is 11.6 Å². The van der Waals surface area contributed by atoms with Gasteiger partial charge in [0.15, 0.2) is 0 Å². The highest BCUT2D eigenvalue weighted by Gasteiger charge is 2.14. The van der Waals surface area contributed by atoms with E-state index in [1.165, 1.54) is 23.6 Å². The zero-order valence-electron chi connectivity index (χ0n) is 6.24. The average Bonchev–Trinajstić information content (AvgIpc) is 1.93. The molecule has 0 saturated heterocycles. The number of hydrogen-bond acceptors (Lipinski definition) is 3. The van der Waals surface area contributed by atoms with Crippen molar-refractivity contribution in [2.75, 3.05) is 12.3 Å². The molecular formula is C7H9NO2S. The van der Waals surface area contributed by atoms with Crippen LogP contribution in [0.4, 0.5) is 0 Å². The Balaban J connectivity index is 2.55. The van der Waals surface area contributed by atoms with Gasteiger partial charge in [-0.2, -0.15) is 0 Å². The van der Waals surface area contributed by atoms with E-state index in [4.69, 9.17) is 0 Å². The summed E-state index contributed by atoms with van der Waals surface area (Å²) in [5, 5.41) is 1.82. The molecule has 0 bridgehead atoms. The third-order valence-electron chi connectivity index (χ3n) is 1.26. The molecular weight excluding hydrogens is 162 g/mol. The van der Waals surface area contributed by atoms with Gasteiger partial charge in [-0.1, -0.05) is 0 Å². The van der Waals surface area contributed by atoms with Crippen LogP contribution in [0.25, 0.3) is 0 Å². The van der Waals surface area contributed by atoms with E-state index >= 15 is 0 Å². The van der Waals surface area contributed by atoms with Crippen LogP contribution in [0.5, 0.6) is 0 Å². The first-order valence-electron chi connectivity index (χ1n) is 3.27. The van der Waals surface area contributed by atoms with Crippen molar-refractivity contribution in [2.24, 2.45) is 0 Å². The van der Waals surface area contributed by atoms with Crippen molar-refractivity contribution < 1.29 is 9.59 Å². The normalized spacial score (nSPS) is 17.2. The topological polar surface area (TPSA) is 37.4 Å². The fourth-order valence-corrected chi connectivity index (χ4v) is 1.42. The Kier molecular flexibility index (Phi) is 2.70. The van der Waals surface area contributed by atoms with E-state index in [1.54, 1.807) is 6.20 Å². The van der Waals surface area contributed by atoms with Crippen LogP contribution < -0.4 is 0 Å². The first-order chi connectivity index (χ1) is 5.20. The Hall–Kier alpha value is -0.770.